The monoisotopic (exact) mass is 320 g/mol. The topological polar surface area (TPSA) is 51.2 Å². The van der Waals surface area contributed by atoms with Crippen molar-refractivity contribution in [2.24, 2.45) is 0 Å². The Labute approximate surface area is 131 Å². The number of hydrogen-bond donors (Lipinski definition) is 1. The lowest BCUT2D eigenvalue weighted by molar-refractivity contribution is -0.127. The average Bonchev–Trinajstić information content (AvgIpc) is 3.15. The first-order valence-corrected chi connectivity index (χ1v) is 8.74. The van der Waals surface area contributed by atoms with Crippen LogP contribution in [0.2, 0.25) is 0 Å². The molecule has 2 heterocycles. The Bertz CT molecular complexity index is 576. The Morgan fingerprint density at radius 2 is 2.38 bits per heavy atom. The number of carbonyl (C=O) groups is 1. The van der Waals surface area contributed by atoms with Crippen LogP contribution in [0.1, 0.15) is 12.0 Å². The SMILES string of the molecule is O=C(NCCCSc1nccs1)[C@H]1Cc2ccccc2O1. The molecule has 1 amide bonds. The summed E-state index contributed by atoms with van der Waals surface area (Å²) in [6.07, 6.45) is 3.02. The zero-order chi connectivity index (χ0) is 14.5. The van der Waals surface area contributed by atoms with Crippen molar-refractivity contribution in [2.75, 3.05) is 12.3 Å². The van der Waals surface area contributed by atoms with Crippen molar-refractivity contribution in [1.29, 1.82) is 0 Å². The maximum atomic E-state index is 12.1. The number of fused-ring (bicyclic) bond motifs is 1. The predicted molar refractivity (Wildman–Crippen MR) is 85.0 cm³/mol. The van der Waals surface area contributed by atoms with Crippen molar-refractivity contribution in [3.8, 4) is 5.75 Å². The quantitative estimate of drug-likeness (QED) is 0.657. The van der Waals surface area contributed by atoms with E-state index in [0.717, 1.165) is 27.8 Å². The minimum atomic E-state index is -0.381. The molecule has 0 fully saturated rings. The second-order valence-electron chi connectivity index (χ2n) is 4.71. The number of aromatic nitrogens is 1. The van der Waals surface area contributed by atoms with Crippen LogP contribution in [0.3, 0.4) is 0 Å². The number of amides is 1. The molecule has 6 heteroatoms. The number of ether oxygens (including phenoxy) is 1. The molecule has 1 aromatic carbocycles. The molecule has 0 radical (unpaired) electrons. The van der Waals surface area contributed by atoms with Crippen LogP contribution >= 0.6 is 23.1 Å². The third-order valence-corrected chi connectivity index (χ3v) is 5.25. The zero-order valence-corrected chi connectivity index (χ0v) is 13.1. The van der Waals surface area contributed by atoms with Gasteiger partial charge in [0, 0.05) is 30.3 Å². The van der Waals surface area contributed by atoms with Crippen molar-refractivity contribution in [2.45, 2.75) is 23.3 Å². The smallest absolute Gasteiger partial charge is 0.261 e. The summed E-state index contributed by atoms with van der Waals surface area (Å²) in [6, 6.07) is 7.81. The molecule has 1 atom stereocenters. The van der Waals surface area contributed by atoms with Crippen LogP contribution in [0.25, 0.3) is 0 Å². The highest BCUT2D eigenvalue weighted by Gasteiger charge is 2.28. The first-order valence-electron chi connectivity index (χ1n) is 6.87. The van der Waals surface area contributed by atoms with Crippen LogP contribution in [0, 0.1) is 0 Å². The number of nitrogens with one attached hydrogen (secondary N) is 1. The molecule has 21 heavy (non-hydrogen) atoms. The van der Waals surface area contributed by atoms with Gasteiger partial charge >= 0.3 is 0 Å². The first-order chi connectivity index (χ1) is 10.3. The van der Waals surface area contributed by atoms with Gasteiger partial charge in [-0.3, -0.25) is 4.79 Å². The van der Waals surface area contributed by atoms with E-state index in [4.69, 9.17) is 4.74 Å². The highest BCUT2D eigenvalue weighted by Crippen LogP contribution is 2.28. The van der Waals surface area contributed by atoms with Gasteiger partial charge in [0.05, 0.1) is 0 Å². The maximum Gasteiger partial charge on any atom is 0.261 e. The summed E-state index contributed by atoms with van der Waals surface area (Å²) in [4.78, 5) is 16.3. The number of thiazole rings is 1. The molecule has 1 aliphatic heterocycles. The Hall–Kier alpha value is -1.53. The zero-order valence-electron chi connectivity index (χ0n) is 11.5. The van der Waals surface area contributed by atoms with Crippen molar-refractivity contribution in [1.82, 2.24) is 10.3 Å². The summed E-state index contributed by atoms with van der Waals surface area (Å²) >= 11 is 3.37. The molecule has 1 N–H and O–H groups in total. The van der Waals surface area contributed by atoms with Crippen LogP contribution in [-0.2, 0) is 11.2 Å². The highest BCUT2D eigenvalue weighted by molar-refractivity contribution is 8.00. The lowest BCUT2D eigenvalue weighted by Crippen LogP contribution is -2.38. The van der Waals surface area contributed by atoms with Gasteiger partial charge in [-0.2, -0.15) is 0 Å². The fourth-order valence-corrected chi connectivity index (χ4v) is 3.81. The van der Waals surface area contributed by atoms with E-state index in [0.29, 0.717) is 13.0 Å². The van der Waals surface area contributed by atoms with Gasteiger partial charge < -0.3 is 10.1 Å². The molecule has 3 rings (SSSR count). The lowest BCUT2D eigenvalue weighted by Gasteiger charge is -2.11. The largest absolute Gasteiger partial charge is 0.480 e. The van der Waals surface area contributed by atoms with E-state index in [1.807, 2.05) is 35.8 Å². The summed E-state index contributed by atoms with van der Waals surface area (Å²) in [5, 5.41) is 4.92. The van der Waals surface area contributed by atoms with Crippen molar-refractivity contribution >= 4 is 29.0 Å². The normalized spacial score (nSPS) is 16.3. The number of thioether (sulfide) groups is 1. The number of nitrogens with zero attached hydrogens (tertiary/aromatic N) is 1. The van der Waals surface area contributed by atoms with Gasteiger partial charge in [-0.15, -0.1) is 11.3 Å². The Morgan fingerprint density at radius 1 is 1.48 bits per heavy atom. The Morgan fingerprint density at radius 3 is 3.19 bits per heavy atom. The highest BCUT2D eigenvalue weighted by atomic mass is 32.2. The first kappa shape index (κ1) is 14.4. The van der Waals surface area contributed by atoms with Gasteiger partial charge in [0.2, 0.25) is 0 Å². The molecule has 1 aliphatic rings. The Kier molecular flexibility index (Phi) is 4.77. The average molecular weight is 320 g/mol. The van der Waals surface area contributed by atoms with E-state index in [1.165, 1.54) is 0 Å². The minimum absolute atomic E-state index is 0.0227. The molecule has 0 saturated heterocycles. The van der Waals surface area contributed by atoms with Crippen molar-refractivity contribution < 1.29 is 9.53 Å². The molecule has 2 aromatic rings. The molecule has 0 aliphatic carbocycles. The standard InChI is InChI=1S/C15H16N2O2S2/c18-14(13-10-11-4-1-2-5-12(11)19-13)16-6-3-8-20-15-17-7-9-21-15/h1-2,4-5,7,9,13H,3,6,8,10H2,(H,16,18)/t13-/m1/s1. The second kappa shape index (κ2) is 6.95. The minimum Gasteiger partial charge on any atom is -0.480 e. The number of hydrogen-bond acceptors (Lipinski definition) is 5. The van der Waals surface area contributed by atoms with Gasteiger partial charge in [-0.05, 0) is 18.1 Å². The number of carbonyl (C=O) groups excluding carboxylic acids is 1. The van der Waals surface area contributed by atoms with Gasteiger partial charge in [0.25, 0.3) is 5.91 Å². The van der Waals surface area contributed by atoms with Gasteiger partial charge in [0.15, 0.2) is 6.10 Å². The second-order valence-corrected chi connectivity index (χ2v) is 6.95. The molecule has 110 valence electrons. The summed E-state index contributed by atoms with van der Waals surface area (Å²) < 4.78 is 6.74. The van der Waals surface area contributed by atoms with Gasteiger partial charge in [-0.25, -0.2) is 4.98 Å². The molecule has 0 bridgehead atoms. The molecule has 4 nitrogen and oxygen atoms in total. The summed E-state index contributed by atoms with van der Waals surface area (Å²) in [5.41, 5.74) is 1.11. The van der Waals surface area contributed by atoms with Gasteiger partial charge in [0.1, 0.15) is 10.1 Å². The van der Waals surface area contributed by atoms with Crippen LogP contribution in [0.15, 0.2) is 40.2 Å². The molecule has 0 spiro atoms. The van der Waals surface area contributed by atoms with Gasteiger partial charge in [-0.1, -0.05) is 30.0 Å². The van der Waals surface area contributed by atoms with E-state index in [1.54, 1.807) is 23.1 Å². The predicted octanol–water partition coefficient (Wildman–Crippen LogP) is 2.75. The molecular formula is C15H16N2O2S2. The van der Waals surface area contributed by atoms with Crippen LogP contribution in [0.4, 0.5) is 0 Å². The van der Waals surface area contributed by atoms with Crippen LogP contribution in [-0.4, -0.2) is 29.3 Å². The number of benzene rings is 1. The summed E-state index contributed by atoms with van der Waals surface area (Å²) in [6.45, 7) is 0.674. The van der Waals surface area contributed by atoms with E-state index < -0.39 is 0 Å². The maximum absolute atomic E-state index is 12.1. The lowest BCUT2D eigenvalue weighted by atomic mass is 10.1. The van der Waals surface area contributed by atoms with E-state index in [9.17, 15) is 4.79 Å². The Balaban J connectivity index is 1.36. The fraction of sp³-hybridized carbons (Fsp3) is 0.333. The number of rotatable bonds is 6. The molecule has 0 unspecified atom stereocenters. The fourth-order valence-electron chi connectivity index (χ4n) is 2.17. The summed E-state index contributed by atoms with van der Waals surface area (Å²) in [5.74, 6) is 1.77. The molecule has 0 saturated carbocycles. The third kappa shape index (κ3) is 3.77. The van der Waals surface area contributed by atoms with E-state index in [2.05, 4.69) is 10.3 Å². The van der Waals surface area contributed by atoms with Crippen LogP contribution < -0.4 is 10.1 Å². The van der Waals surface area contributed by atoms with Crippen LogP contribution in [0.5, 0.6) is 5.75 Å². The molecule has 1 aromatic heterocycles. The molecular weight excluding hydrogens is 304 g/mol. The van der Waals surface area contributed by atoms with E-state index in [-0.39, 0.29) is 12.0 Å². The third-order valence-electron chi connectivity index (χ3n) is 3.20. The van der Waals surface area contributed by atoms with Crippen molar-refractivity contribution in [3.05, 3.63) is 41.4 Å². The number of para-hydroxylation sites is 1. The van der Waals surface area contributed by atoms with E-state index >= 15 is 0 Å². The summed E-state index contributed by atoms with van der Waals surface area (Å²) in [7, 11) is 0. The van der Waals surface area contributed by atoms with Crippen molar-refractivity contribution in [3.63, 3.8) is 0 Å².